The molecule has 6 nitrogen and oxygen atoms in total. The molecule has 2 rings (SSSR count). The van der Waals surface area contributed by atoms with Crippen molar-refractivity contribution in [1.29, 1.82) is 0 Å². The van der Waals surface area contributed by atoms with Gasteiger partial charge in [-0.2, -0.15) is 10.2 Å². The van der Waals surface area contributed by atoms with Crippen molar-refractivity contribution in [2.24, 2.45) is 5.10 Å². The summed E-state index contributed by atoms with van der Waals surface area (Å²) in [6, 6.07) is 0.477. The number of nitrogens with one attached hydrogen (secondary N) is 1. The summed E-state index contributed by atoms with van der Waals surface area (Å²) in [4.78, 5) is 11.4. The molecule has 20 heavy (non-hydrogen) atoms. The predicted octanol–water partition coefficient (Wildman–Crippen LogP) is 3.23. The van der Waals surface area contributed by atoms with Crippen LogP contribution in [0.15, 0.2) is 15.9 Å². The largest absolute Gasteiger partial charge is 0.443 e. The third-order valence-corrected chi connectivity index (χ3v) is 3.76. The molecule has 1 aliphatic carbocycles. The molecule has 0 radical (unpaired) electrons. The van der Waals surface area contributed by atoms with Crippen LogP contribution in [0, 0.1) is 0 Å². The third kappa shape index (κ3) is 3.82. The Kier molecular flexibility index (Phi) is 4.47. The number of ether oxygens (including phenoxy) is 1. The highest BCUT2D eigenvalue weighted by atomic mass is 79.9. The molecule has 0 atom stereocenters. The molecule has 1 amide bonds. The van der Waals surface area contributed by atoms with Gasteiger partial charge in [-0.3, -0.25) is 4.68 Å². The fourth-order valence-electron chi connectivity index (χ4n) is 1.79. The first-order valence-corrected chi connectivity index (χ1v) is 7.41. The minimum Gasteiger partial charge on any atom is -0.443 e. The minimum absolute atomic E-state index is 0.477. The van der Waals surface area contributed by atoms with E-state index >= 15 is 0 Å². The number of hydrogen-bond acceptors (Lipinski definition) is 4. The lowest BCUT2D eigenvalue weighted by Crippen LogP contribution is -2.29. The highest BCUT2D eigenvalue weighted by Crippen LogP contribution is 2.34. The number of carbonyl (C=O) groups is 1. The van der Waals surface area contributed by atoms with Crippen LogP contribution in [0.1, 0.15) is 51.6 Å². The monoisotopic (exact) mass is 342 g/mol. The van der Waals surface area contributed by atoms with Crippen molar-refractivity contribution in [3.63, 3.8) is 0 Å². The molecule has 1 aromatic heterocycles. The molecule has 1 saturated carbocycles. The predicted molar refractivity (Wildman–Crippen MR) is 79.8 cm³/mol. The Hall–Kier alpha value is -1.37. The summed E-state index contributed by atoms with van der Waals surface area (Å²) in [5.41, 5.74) is 2.63. The SMILES string of the molecule is CC(C)(C)OC(=O)N/N=C/c1cnn(C2CCC2)c1Br. The number of aromatic nitrogens is 2. The summed E-state index contributed by atoms with van der Waals surface area (Å²) in [6.07, 6.45) is 6.27. The van der Waals surface area contributed by atoms with E-state index < -0.39 is 11.7 Å². The van der Waals surface area contributed by atoms with Gasteiger partial charge in [0.2, 0.25) is 0 Å². The molecule has 0 bridgehead atoms. The standard InChI is InChI=1S/C13H19BrN4O2/c1-13(2,3)20-12(19)17-15-7-9-8-16-18(11(9)14)10-5-4-6-10/h7-8,10H,4-6H2,1-3H3,(H,17,19)/b15-7+. The van der Waals surface area contributed by atoms with E-state index in [-0.39, 0.29) is 0 Å². The van der Waals surface area contributed by atoms with Crippen LogP contribution in [0.3, 0.4) is 0 Å². The van der Waals surface area contributed by atoms with Gasteiger partial charge in [0.15, 0.2) is 0 Å². The van der Waals surface area contributed by atoms with Crippen molar-refractivity contribution in [1.82, 2.24) is 15.2 Å². The molecule has 0 spiro atoms. The van der Waals surface area contributed by atoms with Crippen molar-refractivity contribution in [2.75, 3.05) is 0 Å². The maximum absolute atomic E-state index is 11.4. The summed E-state index contributed by atoms with van der Waals surface area (Å²) in [5.74, 6) is 0. The highest BCUT2D eigenvalue weighted by molar-refractivity contribution is 9.10. The van der Waals surface area contributed by atoms with Gasteiger partial charge in [0.05, 0.1) is 18.5 Å². The summed E-state index contributed by atoms with van der Waals surface area (Å²) in [7, 11) is 0. The van der Waals surface area contributed by atoms with E-state index in [1.54, 1.807) is 33.2 Å². The number of carbonyl (C=O) groups excluding carboxylic acids is 1. The van der Waals surface area contributed by atoms with Crippen LogP contribution < -0.4 is 5.43 Å². The van der Waals surface area contributed by atoms with Crippen LogP contribution in [0.25, 0.3) is 0 Å². The molecule has 1 aliphatic rings. The van der Waals surface area contributed by atoms with Gasteiger partial charge in [-0.25, -0.2) is 10.2 Å². The van der Waals surface area contributed by atoms with Crippen molar-refractivity contribution >= 4 is 28.2 Å². The molecule has 7 heteroatoms. The van der Waals surface area contributed by atoms with E-state index in [4.69, 9.17) is 4.74 Å². The average Bonchev–Trinajstić information content (AvgIpc) is 2.57. The highest BCUT2D eigenvalue weighted by Gasteiger charge is 2.22. The second-order valence-electron chi connectivity index (χ2n) is 5.79. The van der Waals surface area contributed by atoms with E-state index in [9.17, 15) is 4.79 Å². The summed E-state index contributed by atoms with van der Waals surface area (Å²) in [5, 5.41) is 8.20. The van der Waals surface area contributed by atoms with Crippen molar-refractivity contribution in [3.8, 4) is 0 Å². The molecule has 0 saturated heterocycles. The summed E-state index contributed by atoms with van der Waals surface area (Å²) in [6.45, 7) is 5.40. The van der Waals surface area contributed by atoms with E-state index in [1.807, 2.05) is 4.68 Å². The van der Waals surface area contributed by atoms with Gasteiger partial charge in [-0.15, -0.1) is 0 Å². The molecule has 0 aromatic carbocycles. The Morgan fingerprint density at radius 3 is 2.85 bits per heavy atom. The average molecular weight is 343 g/mol. The normalized spacial score (nSPS) is 16.2. The Morgan fingerprint density at radius 1 is 1.60 bits per heavy atom. The quantitative estimate of drug-likeness (QED) is 0.677. The van der Waals surface area contributed by atoms with Crippen molar-refractivity contribution < 1.29 is 9.53 Å². The van der Waals surface area contributed by atoms with Gasteiger partial charge in [0.1, 0.15) is 10.2 Å². The van der Waals surface area contributed by atoms with Gasteiger partial charge in [-0.05, 0) is 56.0 Å². The molecule has 0 unspecified atom stereocenters. The number of nitrogens with zero attached hydrogens (tertiary/aromatic N) is 3. The molecular weight excluding hydrogens is 324 g/mol. The molecular formula is C13H19BrN4O2. The summed E-state index contributed by atoms with van der Waals surface area (Å²) >= 11 is 3.51. The lowest BCUT2D eigenvalue weighted by molar-refractivity contribution is 0.0529. The number of halogens is 1. The Balaban J connectivity index is 1.91. The van der Waals surface area contributed by atoms with Crippen LogP contribution in [0.2, 0.25) is 0 Å². The fourth-order valence-corrected chi connectivity index (χ4v) is 2.37. The zero-order valence-corrected chi connectivity index (χ0v) is 13.5. The minimum atomic E-state index is -0.573. The summed E-state index contributed by atoms with van der Waals surface area (Å²) < 4.78 is 7.92. The van der Waals surface area contributed by atoms with Gasteiger partial charge in [0, 0.05) is 5.56 Å². The Bertz CT molecular complexity index is 515. The van der Waals surface area contributed by atoms with E-state index in [1.165, 1.54) is 6.42 Å². The van der Waals surface area contributed by atoms with Gasteiger partial charge < -0.3 is 4.74 Å². The van der Waals surface area contributed by atoms with Crippen LogP contribution in [0.5, 0.6) is 0 Å². The van der Waals surface area contributed by atoms with Crippen molar-refractivity contribution in [3.05, 3.63) is 16.4 Å². The zero-order valence-electron chi connectivity index (χ0n) is 11.9. The zero-order chi connectivity index (χ0) is 14.8. The van der Waals surface area contributed by atoms with E-state index in [2.05, 4.69) is 31.6 Å². The van der Waals surface area contributed by atoms with Crippen LogP contribution >= 0.6 is 15.9 Å². The van der Waals surface area contributed by atoms with Crippen LogP contribution in [-0.4, -0.2) is 27.7 Å². The fraction of sp³-hybridized carbons (Fsp3) is 0.615. The third-order valence-electron chi connectivity index (χ3n) is 2.94. The van der Waals surface area contributed by atoms with Crippen LogP contribution in [-0.2, 0) is 4.74 Å². The first-order valence-electron chi connectivity index (χ1n) is 6.62. The lowest BCUT2D eigenvalue weighted by Gasteiger charge is -2.26. The molecule has 110 valence electrons. The van der Waals surface area contributed by atoms with Crippen LogP contribution in [0.4, 0.5) is 4.79 Å². The molecule has 0 aliphatic heterocycles. The second kappa shape index (κ2) is 5.95. The first-order chi connectivity index (χ1) is 9.37. The first kappa shape index (κ1) is 15.0. The van der Waals surface area contributed by atoms with E-state index in [0.29, 0.717) is 6.04 Å². The number of hydrazone groups is 1. The Morgan fingerprint density at radius 2 is 2.30 bits per heavy atom. The molecule has 1 N–H and O–H groups in total. The number of amides is 1. The topological polar surface area (TPSA) is 68.5 Å². The second-order valence-corrected chi connectivity index (χ2v) is 6.54. The maximum atomic E-state index is 11.4. The smallest absolute Gasteiger partial charge is 0.428 e. The van der Waals surface area contributed by atoms with Gasteiger partial charge in [0.25, 0.3) is 0 Å². The lowest BCUT2D eigenvalue weighted by atomic mass is 9.93. The molecule has 1 heterocycles. The van der Waals surface area contributed by atoms with E-state index in [0.717, 1.165) is 23.0 Å². The van der Waals surface area contributed by atoms with Gasteiger partial charge in [-0.1, -0.05) is 0 Å². The number of hydrogen-bond donors (Lipinski definition) is 1. The van der Waals surface area contributed by atoms with Gasteiger partial charge >= 0.3 is 6.09 Å². The molecule has 1 fully saturated rings. The molecule has 1 aromatic rings. The Labute approximate surface area is 126 Å². The number of rotatable bonds is 3. The van der Waals surface area contributed by atoms with Crippen molar-refractivity contribution in [2.45, 2.75) is 51.7 Å². The maximum Gasteiger partial charge on any atom is 0.428 e.